The quantitative estimate of drug-likeness (QED) is 0.619. The van der Waals surface area contributed by atoms with Crippen molar-refractivity contribution >= 4 is 38.9 Å². The molecular formula is C10H10BrClN2O2. The molecule has 0 aromatic heterocycles. The first-order chi connectivity index (χ1) is 7.59. The van der Waals surface area contributed by atoms with Gasteiger partial charge in [-0.25, -0.2) is 0 Å². The van der Waals surface area contributed by atoms with Crippen LogP contribution in [0.2, 0.25) is 5.02 Å². The highest BCUT2D eigenvalue weighted by Crippen LogP contribution is 2.39. The lowest BCUT2D eigenvalue weighted by Crippen LogP contribution is -2.19. The molecule has 16 heavy (non-hydrogen) atoms. The normalized spacial score (nSPS) is 15.5. The highest BCUT2D eigenvalue weighted by atomic mass is 79.9. The first kappa shape index (κ1) is 11.7. The Bertz CT molecular complexity index is 433. The summed E-state index contributed by atoms with van der Waals surface area (Å²) in [5.74, 6) is 0. The lowest BCUT2D eigenvalue weighted by molar-refractivity contribution is -0.384. The van der Waals surface area contributed by atoms with Crippen molar-refractivity contribution in [3.8, 4) is 0 Å². The Hall–Kier alpha value is -0.810. The highest BCUT2D eigenvalue weighted by molar-refractivity contribution is 9.10. The summed E-state index contributed by atoms with van der Waals surface area (Å²) in [4.78, 5) is 12.6. The monoisotopic (exact) mass is 304 g/mol. The minimum atomic E-state index is -0.385. The Balaban J connectivity index is 2.52. The molecule has 0 amide bonds. The lowest BCUT2D eigenvalue weighted by Gasteiger charge is -2.19. The summed E-state index contributed by atoms with van der Waals surface area (Å²) in [5, 5.41) is 11.4. The van der Waals surface area contributed by atoms with Gasteiger partial charge in [0.25, 0.3) is 5.69 Å². The van der Waals surface area contributed by atoms with Crippen molar-refractivity contribution in [2.75, 3.05) is 18.0 Å². The van der Waals surface area contributed by atoms with Gasteiger partial charge in [-0.3, -0.25) is 10.1 Å². The molecule has 6 heteroatoms. The van der Waals surface area contributed by atoms with E-state index in [1.807, 2.05) is 4.90 Å². The third-order valence-corrected chi connectivity index (χ3v) is 3.45. The zero-order chi connectivity index (χ0) is 11.7. The molecule has 0 saturated carbocycles. The number of nitro groups is 1. The second-order valence-corrected chi connectivity index (χ2v) is 5.00. The van der Waals surface area contributed by atoms with Gasteiger partial charge in [-0.05, 0) is 34.8 Å². The Kier molecular flexibility index (Phi) is 3.35. The second-order valence-electron chi connectivity index (χ2n) is 3.71. The number of hydrogen-bond donors (Lipinski definition) is 0. The fraction of sp³-hybridized carbons (Fsp3) is 0.400. The van der Waals surface area contributed by atoms with Gasteiger partial charge in [-0.1, -0.05) is 11.6 Å². The molecule has 1 heterocycles. The number of hydrogen-bond acceptors (Lipinski definition) is 3. The van der Waals surface area contributed by atoms with Crippen LogP contribution in [0.15, 0.2) is 16.6 Å². The average Bonchev–Trinajstić information content (AvgIpc) is 2.69. The lowest BCUT2D eigenvalue weighted by atomic mass is 10.2. The molecule has 1 fully saturated rings. The maximum Gasteiger partial charge on any atom is 0.295 e. The number of benzene rings is 1. The maximum absolute atomic E-state index is 11.0. The third-order valence-electron chi connectivity index (χ3n) is 2.63. The van der Waals surface area contributed by atoms with E-state index in [4.69, 9.17) is 11.6 Å². The summed E-state index contributed by atoms with van der Waals surface area (Å²) in [6.07, 6.45) is 2.15. The first-order valence-electron chi connectivity index (χ1n) is 4.98. The van der Waals surface area contributed by atoms with E-state index < -0.39 is 0 Å². The SMILES string of the molecule is O=[N+]([O-])c1cc(Cl)cc(Br)c1N1CCCC1. The van der Waals surface area contributed by atoms with E-state index in [1.165, 1.54) is 6.07 Å². The Morgan fingerprint density at radius 1 is 1.38 bits per heavy atom. The minimum Gasteiger partial charge on any atom is -0.365 e. The van der Waals surface area contributed by atoms with Gasteiger partial charge in [0, 0.05) is 28.7 Å². The maximum atomic E-state index is 11.0. The summed E-state index contributed by atoms with van der Waals surface area (Å²) < 4.78 is 0.689. The van der Waals surface area contributed by atoms with E-state index in [9.17, 15) is 10.1 Å². The second kappa shape index (κ2) is 4.59. The van der Waals surface area contributed by atoms with Crippen molar-refractivity contribution < 1.29 is 4.92 Å². The molecule has 1 saturated heterocycles. The van der Waals surface area contributed by atoms with Crippen LogP contribution in [0.3, 0.4) is 0 Å². The molecule has 1 aliphatic heterocycles. The van der Waals surface area contributed by atoms with Crippen LogP contribution in [0.4, 0.5) is 11.4 Å². The summed E-state index contributed by atoms with van der Waals surface area (Å²) >= 11 is 9.17. The summed E-state index contributed by atoms with van der Waals surface area (Å²) in [7, 11) is 0. The van der Waals surface area contributed by atoms with E-state index in [0.29, 0.717) is 15.2 Å². The van der Waals surface area contributed by atoms with Crippen molar-refractivity contribution in [3.05, 3.63) is 31.7 Å². The minimum absolute atomic E-state index is 0.0706. The standard InChI is InChI=1S/C10H10BrClN2O2/c11-8-5-7(12)6-9(14(15)16)10(8)13-3-1-2-4-13/h5-6H,1-4H2. The summed E-state index contributed by atoms with van der Waals surface area (Å²) in [5.41, 5.74) is 0.716. The number of anilines is 1. The van der Waals surface area contributed by atoms with Crippen LogP contribution >= 0.6 is 27.5 Å². The molecule has 1 aliphatic rings. The molecule has 0 atom stereocenters. The van der Waals surface area contributed by atoms with Crippen LogP contribution in [0.1, 0.15) is 12.8 Å². The fourth-order valence-electron chi connectivity index (χ4n) is 1.95. The van der Waals surface area contributed by atoms with Crippen LogP contribution in [0, 0.1) is 10.1 Å². The van der Waals surface area contributed by atoms with Gasteiger partial charge in [0.05, 0.1) is 4.92 Å². The van der Waals surface area contributed by atoms with Crippen molar-refractivity contribution in [2.24, 2.45) is 0 Å². The van der Waals surface area contributed by atoms with E-state index in [-0.39, 0.29) is 10.6 Å². The summed E-state index contributed by atoms with van der Waals surface area (Å²) in [6.45, 7) is 1.72. The largest absolute Gasteiger partial charge is 0.365 e. The molecule has 0 bridgehead atoms. The molecule has 1 aromatic rings. The van der Waals surface area contributed by atoms with Crippen molar-refractivity contribution in [1.82, 2.24) is 0 Å². The van der Waals surface area contributed by atoms with Crippen LogP contribution in [-0.4, -0.2) is 18.0 Å². The number of nitro benzene ring substituents is 1. The number of nitrogens with zero attached hydrogens (tertiary/aromatic N) is 2. The van der Waals surface area contributed by atoms with Crippen LogP contribution in [0.5, 0.6) is 0 Å². The smallest absolute Gasteiger partial charge is 0.295 e. The zero-order valence-corrected chi connectivity index (χ0v) is 10.8. The Morgan fingerprint density at radius 2 is 2.00 bits per heavy atom. The van der Waals surface area contributed by atoms with Gasteiger partial charge in [0.1, 0.15) is 5.69 Å². The van der Waals surface area contributed by atoms with Gasteiger partial charge >= 0.3 is 0 Å². The fourth-order valence-corrected chi connectivity index (χ4v) is 2.99. The molecule has 4 nitrogen and oxygen atoms in total. The topological polar surface area (TPSA) is 46.4 Å². The molecule has 0 N–H and O–H groups in total. The molecular weight excluding hydrogens is 295 g/mol. The number of rotatable bonds is 2. The highest BCUT2D eigenvalue weighted by Gasteiger charge is 2.25. The van der Waals surface area contributed by atoms with Gasteiger partial charge in [0.2, 0.25) is 0 Å². The van der Waals surface area contributed by atoms with Crippen LogP contribution < -0.4 is 4.90 Å². The molecule has 86 valence electrons. The van der Waals surface area contributed by atoms with E-state index in [0.717, 1.165) is 25.9 Å². The first-order valence-corrected chi connectivity index (χ1v) is 6.15. The van der Waals surface area contributed by atoms with Gasteiger partial charge < -0.3 is 4.90 Å². The molecule has 0 spiro atoms. The van der Waals surface area contributed by atoms with Gasteiger partial charge in [-0.2, -0.15) is 0 Å². The molecule has 1 aromatic carbocycles. The average molecular weight is 306 g/mol. The van der Waals surface area contributed by atoms with E-state index >= 15 is 0 Å². The molecule has 0 radical (unpaired) electrons. The third kappa shape index (κ3) is 2.15. The van der Waals surface area contributed by atoms with E-state index in [2.05, 4.69) is 15.9 Å². The zero-order valence-electron chi connectivity index (χ0n) is 8.45. The van der Waals surface area contributed by atoms with Crippen molar-refractivity contribution in [2.45, 2.75) is 12.8 Å². The predicted octanol–water partition coefficient (Wildman–Crippen LogP) is 3.61. The van der Waals surface area contributed by atoms with Crippen molar-refractivity contribution in [3.63, 3.8) is 0 Å². The van der Waals surface area contributed by atoms with Gasteiger partial charge in [-0.15, -0.1) is 0 Å². The van der Waals surface area contributed by atoms with Gasteiger partial charge in [0.15, 0.2) is 0 Å². The van der Waals surface area contributed by atoms with E-state index in [1.54, 1.807) is 6.07 Å². The summed E-state index contributed by atoms with van der Waals surface area (Å²) in [6, 6.07) is 3.10. The predicted molar refractivity (Wildman–Crippen MR) is 67.3 cm³/mol. The Morgan fingerprint density at radius 3 is 2.56 bits per heavy atom. The van der Waals surface area contributed by atoms with Crippen molar-refractivity contribution in [1.29, 1.82) is 0 Å². The molecule has 2 rings (SSSR count). The van der Waals surface area contributed by atoms with Crippen LogP contribution in [0.25, 0.3) is 0 Å². The molecule has 0 unspecified atom stereocenters. The molecule has 0 aliphatic carbocycles. The Labute approximate surface area is 106 Å². The van der Waals surface area contributed by atoms with Crippen LogP contribution in [-0.2, 0) is 0 Å². The number of halogens is 2.